The van der Waals surface area contributed by atoms with Crippen LogP contribution in [0.15, 0.2) is 0 Å². The lowest BCUT2D eigenvalue weighted by atomic mass is 9.99. The van der Waals surface area contributed by atoms with Gasteiger partial charge in [-0.1, -0.05) is 72.1 Å². The maximum Gasteiger partial charge on any atom is 0.139 e. The maximum absolute atomic E-state index is 3.77. The monoisotopic (exact) mass is 342 g/mol. The molecule has 0 saturated carbocycles. The molecule has 4 nitrogen and oxygen atoms in total. The standard InChI is InChI=1S/C20H46N4/c1-6-9-12-13-14-15-16-19(21-4)20(22-5,23-17-10-7-2)24-18-11-8-3/h19,21-24H,6-18H2,1-5H3. The van der Waals surface area contributed by atoms with Crippen molar-refractivity contribution in [1.82, 2.24) is 21.3 Å². The average molecular weight is 343 g/mol. The second-order valence-electron chi connectivity index (χ2n) is 7.02. The number of rotatable bonds is 18. The zero-order valence-electron chi connectivity index (χ0n) is 17.3. The minimum atomic E-state index is -0.206. The molecule has 1 atom stereocenters. The predicted molar refractivity (Wildman–Crippen MR) is 108 cm³/mol. The van der Waals surface area contributed by atoms with Gasteiger partial charge in [0, 0.05) is 0 Å². The van der Waals surface area contributed by atoms with E-state index in [0.717, 1.165) is 13.1 Å². The van der Waals surface area contributed by atoms with Crippen LogP contribution >= 0.6 is 0 Å². The lowest BCUT2D eigenvalue weighted by Gasteiger charge is -2.42. The molecule has 4 N–H and O–H groups in total. The van der Waals surface area contributed by atoms with Crippen molar-refractivity contribution in [3.63, 3.8) is 0 Å². The van der Waals surface area contributed by atoms with Crippen LogP contribution in [0.5, 0.6) is 0 Å². The zero-order chi connectivity index (χ0) is 18.1. The van der Waals surface area contributed by atoms with Crippen LogP contribution < -0.4 is 21.3 Å². The molecule has 0 saturated heterocycles. The van der Waals surface area contributed by atoms with Gasteiger partial charge < -0.3 is 5.32 Å². The minimum absolute atomic E-state index is 0.206. The highest BCUT2D eigenvalue weighted by molar-refractivity contribution is 4.93. The van der Waals surface area contributed by atoms with E-state index < -0.39 is 0 Å². The average Bonchev–Trinajstić information content (AvgIpc) is 2.60. The molecule has 0 heterocycles. The Bertz CT molecular complexity index is 248. The fourth-order valence-corrected chi connectivity index (χ4v) is 3.29. The van der Waals surface area contributed by atoms with Crippen molar-refractivity contribution in [3.05, 3.63) is 0 Å². The molecule has 1 unspecified atom stereocenters. The summed E-state index contributed by atoms with van der Waals surface area (Å²) in [5.41, 5.74) is 0. The van der Waals surface area contributed by atoms with Gasteiger partial charge in [-0.3, -0.25) is 16.0 Å². The van der Waals surface area contributed by atoms with Crippen molar-refractivity contribution in [2.75, 3.05) is 27.2 Å². The van der Waals surface area contributed by atoms with Crippen molar-refractivity contribution in [1.29, 1.82) is 0 Å². The second-order valence-corrected chi connectivity index (χ2v) is 7.02. The highest BCUT2D eigenvalue weighted by atomic mass is 15.4. The summed E-state index contributed by atoms with van der Waals surface area (Å²) >= 11 is 0. The van der Waals surface area contributed by atoms with E-state index in [4.69, 9.17) is 0 Å². The van der Waals surface area contributed by atoms with Crippen LogP contribution in [-0.2, 0) is 0 Å². The molecule has 0 fully saturated rings. The largest absolute Gasteiger partial charge is 0.313 e. The highest BCUT2D eigenvalue weighted by Gasteiger charge is 2.35. The molecule has 0 bridgehead atoms. The van der Waals surface area contributed by atoms with E-state index in [1.165, 1.54) is 70.6 Å². The quantitative estimate of drug-likeness (QED) is 0.225. The van der Waals surface area contributed by atoms with Gasteiger partial charge in [-0.15, -0.1) is 0 Å². The van der Waals surface area contributed by atoms with E-state index in [2.05, 4.69) is 56.1 Å². The zero-order valence-corrected chi connectivity index (χ0v) is 17.3. The van der Waals surface area contributed by atoms with E-state index in [1.807, 2.05) is 0 Å². The van der Waals surface area contributed by atoms with Crippen LogP contribution in [0.4, 0.5) is 0 Å². The smallest absolute Gasteiger partial charge is 0.139 e. The molecule has 0 aromatic rings. The normalized spacial score (nSPS) is 13.4. The Morgan fingerprint density at radius 3 is 1.62 bits per heavy atom. The Kier molecular flexibility index (Phi) is 16.2. The Balaban J connectivity index is 4.57. The van der Waals surface area contributed by atoms with E-state index in [0.29, 0.717) is 6.04 Å². The van der Waals surface area contributed by atoms with Gasteiger partial charge in [0.1, 0.15) is 5.79 Å². The fraction of sp³-hybridized carbons (Fsp3) is 1.00. The molecule has 0 aromatic heterocycles. The molecule has 0 spiro atoms. The molecule has 24 heavy (non-hydrogen) atoms. The van der Waals surface area contributed by atoms with Gasteiger partial charge in [-0.2, -0.15) is 0 Å². The van der Waals surface area contributed by atoms with Gasteiger partial charge in [-0.25, -0.2) is 0 Å². The maximum atomic E-state index is 3.77. The topological polar surface area (TPSA) is 48.1 Å². The van der Waals surface area contributed by atoms with Crippen molar-refractivity contribution < 1.29 is 0 Å². The van der Waals surface area contributed by atoms with Crippen LogP contribution in [0, 0.1) is 0 Å². The second kappa shape index (κ2) is 16.3. The molecule has 0 aliphatic heterocycles. The number of nitrogens with one attached hydrogen (secondary N) is 4. The number of unbranched alkanes of at least 4 members (excludes halogenated alkanes) is 7. The number of likely N-dealkylation sites (N-methyl/N-ethyl adjacent to an activating group) is 2. The molecule has 0 aliphatic rings. The first kappa shape index (κ1) is 23.8. The van der Waals surface area contributed by atoms with E-state index in [-0.39, 0.29) is 5.79 Å². The van der Waals surface area contributed by atoms with E-state index in [1.54, 1.807) is 0 Å². The van der Waals surface area contributed by atoms with Gasteiger partial charge in [-0.05, 0) is 46.4 Å². The Labute approximate surface area is 152 Å². The highest BCUT2D eigenvalue weighted by Crippen LogP contribution is 2.14. The number of hydrogen-bond donors (Lipinski definition) is 4. The van der Waals surface area contributed by atoms with Crippen LogP contribution in [-0.4, -0.2) is 39.0 Å². The first-order valence-electron chi connectivity index (χ1n) is 10.6. The van der Waals surface area contributed by atoms with Crippen molar-refractivity contribution in [2.45, 2.75) is 103 Å². The molecule has 0 aromatic carbocycles. The minimum Gasteiger partial charge on any atom is -0.313 e. The fourth-order valence-electron chi connectivity index (χ4n) is 3.29. The molecule has 0 rings (SSSR count). The molecule has 0 aliphatic carbocycles. The van der Waals surface area contributed by atoms with Crippen molar-refractivity contribution >= 4 is 0 Å². The van der Waals surface area contributed by atoms with Crippen molar-refractivity contribution in [2.24, 2.45) is 0 Å². The van der Waals surface area contributed by atoms with Crippen LogP contribution in [0.1, 0.15) is 91.4 Å². The van der Waals surface area contributed by atoms with E-state index in [9.17, 15) is 0 Å². The van der Waals surface area contributed by atoms with Crippen molar-refractivity contribution in [3.8, 4) is 0 Å². The summed E-state index contributed by atoms with van der Waals surface area (Å²) in [4.78, 5) is 0. The first-order chi connectivity index (χ1) is 11.7. The molecular weight excluding hydrogens is 296 g/mol. The molecule has 0 radical (unpaired) electrons. The van der Waals surface area contributed by atoms with Gasteiger partial charge in [0.05, 0.1) is 6.04 Å². The summed E-state index contributed by atoms with van der Waals surface area (Å²) in [6, 6.07) is 0.391. The van der Waals surface area contributed by atoms with Gasteiger partial charge in [0.2, 0.25) is 0 Å². The third-order valence-electron chi connectivity index (χ3n) is 4.98. The molecule has 146 valence electrons. The summed E-state index contributed by atoms with van der Waals surface area (Å²) in [6.07, 6.45) is 14.2. The van der Waals surface area contributed by atoms with Gasteiger partial charge >= 0.3 is 0 Å². The predicted octanol–water partition coefficient (Wildman–Crippen LogP) is 3.98. The van der Waals surface area contributed by atoms with Crippen LogP contribution in [0.3, 0.4) is 0 Å². The summed E-state index contributed by atoms with van der Waals surface area (Å²) < 4.78 is 0. The lowest BCUT2D eigenvalue weighted by molar-refractivity contribution is 0.141. The van der Waals surface area contributed by atoms with Gasteiger partial charge in [0.25, 0.3) is 0 Å². The summed E-state index contributed by atoms with van der Waals surface area (Å²) in [5, 5.41) is 14.7. The Hall–Kier alpha value is -0.160. The SMILES string of the molecule is CCCCCCCCC(NC)C(NC)(NCCCC)NCCCC. The van der Waals surface area contributed by atoms with Crippen LogP contribution in [0.2, 0.25) is 0 Å². The summed E-state index contributed by atoms with van der Waals surface area (Å²) in [7, 11) is 4.17. The van der Waals surface area contributed by atoms with E-state index >= 15 is 0 Å². The Morgan fingerprint density at radius 1 is 0.667 bits per heavy atom. The third-order valence-corrected chi connectivity index (χ3v) is 4.98. The third kappa shape index (κ3) is 9.97. The molecule has 4 heteroatoms. The first-order valence-corrected chi connectivity index (χ1v) is 10.6. The number of hydrogen-bond acceptors (Lipinski definition) is 4. The molecular formula is C20H46N4. The molecule has 0 amide bonds. The Morgan fingerprint density at radius 2 is 1.17 bits per heavy atom. The lowest BCUT2D eigenvalue weighted by Crippen LogP contribution is -2.74. The van der Waals surface area contributed by atoms with Gasteiger partial charge in [0.15, 0.2) is 0 Å². The summed E-state index contributed by atoms with van der Waals surface area (Å²) in [5.74, 6) is -0.206. The summed E-state index contributed by atoms with van der Waals surface area (Å²) in [6.45, 7) is 8.87. The van der Waals surface area contributed by atoms with Crippen LogP contribution in [0.25, 0.3) is 0 Å².